The largest absolute Gasteiger partial charge is 0.297 e. The summed E-state index contributed by atoms with van der Waals surface area (Å²) in [5, 5.41) is 3.25. The average Bonchev–Trinajstić information content (AvgIpc) is 2.05. The third-order valence-corrected chi connectivity index (χ3v) is 2.12. The van der Waals surface area contributed by atoms with Crippen molar-refractivity contribution in [2.24, 2.45) is 10.9 Å². The number of rotatable bonds is 0. The molecule has 0 spiro atoms. The Balaban J connectivity index is 2.20. The predicted molar refractivity (Wildman–Crippen MR) is 42.2 cm³/mol. The van der Waals surface area contributed by atoms with Gasteiger partial charge in [-0.05, 0) is 12.8 Å². The first-order chi connectivity index (χ1) is 4.97. The number of hydrogen-bond acceptors (Lipinski definition) is 2. The van der Waals surface area contributed by atoms with Crippen molar-refractivity contribution < 1.29 is 0 Å². The van der Waals surface area contributed by atoms with E-state index in [0.29, 0.717) is 5.92 Å². The molecule has 1 atom stereocenters. The maximum Gasteiger partial charge on any atom is 0.0884 e. The topological polar surface area (TPSA) is 24.4 Å². The lowest BCUT2D eigenvalue weighted by Gasteiger charge is -2.23. The van der Waals surface area contributed by atoms with E-state index in [2.05, 4.69) is 22.5 Å². The van der Waals surface area contributed by atoms with Gasteiger partial charge in [0.05, 0.1) is 6.67 Å². The zero-order valence-electron chi connectivity index (χ0n) is 6.01. The van der Waals surface area contributed by atoms with Gasteiger partial charge in [-0.3, -0.25) is 10.3 Å². The Hall–Kier alpha value is -0.630. The predicted octanol–water partition coefficient (Wildman–Crippen LogP) is 0.954. The van der Waals surface area contributed by atoms with Gasteiger partial charge in [0.15, 0.2) is 0 Å². The van der Waals surface area contributed by atoms with Crippen LogP contribution in [0.15, 0.2) is 17.1 Å². The molecule has 54 valence electrons. The van der Waals surface area contributed by atoms with Crippen LogP contribution in [-0.2, 0) is 0 Å². The SMILES string of the molecule is C1=CC2CNCN=C2CC1. The van der Waals surface area contributed by atoms with E-state index in [9.17, 15) is 0 Å². The van der Waals surface area contributed by atoms with Crippen molar-refractivity contribution in [1.82, 2.24) is 5.32 Å². The lowest BCUT2D eigenvalue weighted by atomic mass is 9.92. The number of aliphatic imine (C=N–C) groups is 1. The molecule has 0 amide bonds. The zero-order chi connectivity index (χ0) is 6.81. The van der Waals surface area contributed by atoms with Crippen molar-refractivity contribution in [3.63, 3.8) is 0 Å². The molecule has 1 heterocycles. The van der Waals surface area contributed by atoms with Crippen molar-refractivity contribution in [1.29, 1.82) is 0 Å². The molecule has 2 aliphatic rings. The smallest absolute Gasteiger partial charge is 0.0884 e. The van der Waals surface area contributed by atoms with Crippen molar-refractivity contribution in [2.75, 3.05) is 13.2 Å². The molecular weight excluding hydrogens is 124 g/mol. The Morgan fingerprint density at radius 3 is 3.50 bits per heavy atom. The Morgan fingerprint density at radius 2 is 2.60 bits per heavy atom. The van der Waals surface area contributed by atoms with E-state index >= 15 is 0 Å². The van der Waals surface area contributed by atoms with Crippen molar-refractivity contribution >= 4 is 5.71 Å². The maximum atomic E-state index is 4.41. The highest BCUT2D eigenvalue weighted by Gasteiger charge is 2.17. The highest BCUT2D eigenvalue weighted by atomic mass is 15.0. The van der Waals surface area contributed by atoms with Gasteiger partial charge in [-0.2, -0.15) is 0 Å². The summed E-state index contributed by atoms with van der Waals surface area (Å²) in [6.45, 7) is 1.93. The summed E-state index contributed by atoms with van der Waals surface area (Å²) in [6, 6.07) is 0. The first kappa shape index (κ1) is 6.10. The number of nitrogens with one attached hydrogen (secondary N) is 1. The fourth-order valence-corrected chi connectivity index (χ4v) is 1.55. The molecule has 2 nitrogen and oxygen atoms in total. The Morgan fingerprint density at radius 1 is 1.60 bits per heavy atom. The van der Waals surface area contributed by atoms with E-state index < -0.39 is 0 Å². The first-order valence-corrected chi connectivity index (χ1v) is 3.87. The quantitative estimate of drug-likeness (QED) is 0.493. The standard InChI is InChI=1S/C8H12N2/c1-2-4-8-7(3-1)5-9-6-10-8/h1,3,7,9H,2,4-6H2. The lowest BCUT2D eigenvalue weighted by Crippen LogP contribution is -2.34. The summed E-state index contributed by atoms with van der Waals surface area (Å²) in [7, 11) is 0. The van der Waals surface area contributed by atoms with E-state index in [-0.39, 0.29) is 0 Å². The van der Waals surface area contributed by atoms with Gasteiger partial charge >= 0.3 is 0 Å². The van der Waals surface area contributed by atoms with Crippen molar-refractivity contribution in [2.45, 2.75) is 12.8 Å². The highest BCUT2D eigenvalue weighted by molar-refractivity contribution is 5.89. The Bertz CT molecular complexity index is 182. The molecule has 1 N–H and O–H groups in total. The average molecular weight is 136 g/mol. The van der Waals surface area contributed by atoms with Crippen molar-refractivity contribution in [3.8, 4) is 0 Å². The van der Waals surface area contributed by atoms with Crippen molar-refractivity contribution in [3.05, 3.63) is 12.2 Å². The summed E-state index contributed by atoms with van der Waals surface area (Å²) >= 11 is 0. The number of fused-ring (bicyclic) bond motifs is 1. The van der Waals surface area contributed by atoms with Gasteiger partial charge in [-0.1, -0.05) is 12.2 Å². The summed E-state index contributed by atoms with van der Waals surface area (Å²) in [6.07, 6.45) is 6.91. The molecule has 0 aromatic carbocycles. The molecule has 0 bridgehead atoms. The van der Waals surface area contributed by atoms with Crippen LogP contribution in [0.3, 0.4) is 0 Å². The van der Waals surface area contributed by atoms with E-state index in [1.807, 2.05) is 0 Å². The minimum absolute atomic E-state index is 0.613. The van der Waals surface area contributed by atoms with Gasteiger partial charge in [0.25, 0.3) is 0 Å². The van der Waals surface area contributed by atoms with Crippen LogP contribution < -0.4 is 5.32 Å². The van der Waals surface area contributed by atoms with Gasteiger partial charge in [0.2, 0.25) is 0 Å². The third kappa shape index (κ3) is 0.991. The molecule has 0 saturated heterocycles. The van der Waals surface area contributed by atoms with Crippen LogP contribution in [0, 0.1) is 5.92 Å². The molecule has 2 heteroatoms. The van der Waals surface area contributed by atoms with E-state index in [4.69, 9.17) is 0 Å². The summed E-state index contributed by atoms with van der Waals surface area (Å²) in [5.74, 6) is 0.613. The van der Waals surface area contributed by atoms with Gasteiger partial charge < -0.3 is 0 Å². The van der Waals surface area contributed by atoms with Gasteiger partial charge in [0, 0.05) is 18.2 Å². The van der Waals surface area contributed by atoms with E-state index in [1.165, 1.54) is 18.6 Å². The summed E-state index contributed by atoms with van der Waals surface area (Å²) < 4.78 is 0. The molecule has 1 aliphatic heterocycles. The number of hydrogen-bond donors (Lipinski definition) is 1. The second-order valence-electron chi connectivity index (χ2n) is 2.84. The minimum Gasteiger partial charge on any atom is -0.297 e. The number of nitrogens with zero attached hydrogens (tertiary/aromatic N) is 1. The van der Waals surface area contributed by atoms with Crippen LogP contribution >= 0.6 is 0 Å². The fourth-order valence-electron chi connectivity index (χ4n) is 1.55. The third-order valence-electron chi connectivity index (χ3n) is 2.12. The molecule has 1 aliphatic carbocycles. The first-order valence-electron chi connectivity index (χ1n) is 3.87. The van der Waals surface area contributed by atoms with Crippen LogP contribution in [-0.4, -0.2) is 18.9 Å². The molecule has 1 unspecified atom stereocenters. The van der Waals surface area contributed by atoms with Gasteiger partial charge in [0.1, 0.15) is 0 Å². The van der Waals surface area contributed by atoms with E-state index in [1.54, 1.807) is 0 Å². The molecule has 10 heavy (non-hydrogen) atoms. The summed E-state index contributed by atoms with van der Waals surface area (Å²) in [4.78, 5) is 4.41. The Labute approximate surface area is 61.0 Å². The van der Waals surface area contributed by atoms with Crippen LogP contribution in [0.5, 0.6) is 0 Å². The fraction of sp³-hybridized carbons (Fsp3) is 0.625. The van der Waals surface area contributed by atoms with Crippen LogP contribution in [0.4, 0.5) is 0 Å². The molecule has 2 rings (SSSR count). The zero-order valence-corrected chi connectivity index (χ0v) is 6.01. The molecule has 0 aromatic rings. The molecule has 0 saturated carbocycles. The van der Waals surface area contributed by atoms with Crippen LogP contribution in [0.2, 0.25) is 0 Å². The highest BCUT2D eigenvalue weighted by Crippen LogP contribution is 2.15. The minimum atomic E-state index is 0.613. The molecule has 0 aromatic heterocycles. The number of allylic oxidation sites excluding steroid dienone is 1. The molecule has 0 fully saturated rings. The van der Waals surface area contributed by atoms with E-state index in [0.717, 1.165) is 13.2 Å². The van der Waals surface area contributed by atoms with Crippen LogP contribution in [0.25, 0.3) is 0 Å². The van der Waals surface area contributed by atoms with Crippen LogP contribution in [0.1, 0.15) is 12.8 Å². The van der Waals surface area contributed by atoms with Gasteiger partial charge in [-0.15, -0.1) is 0 Å². The monoisotopic (exact) mass is 136 g/mol. The Kier molecular flexibility index (Phi) is 1.55. The maximum absolute atomic E-state index is 4.41. The van der Waals surface area contributed by atoms with Gasteiger partial charge in [-0.25, -0.2) is 0 Å². The second-order valence-corrected chi connectivity index (χ2v) is 2.84. The second kappa shape index (κ2) is 2.54. The molecule has 0 radical (unpaired) electrons. The lowest BCUT2D eigenvalue weighted by molar-refractivity contribution is 0.607. The normalized spacial score (nSPS) is 31.2. The summed E-state index contributed by atoms with van der Waals surface area (Å²) in [5.41, 5.74) is 1.40. The molecular formula is C8H12N2.